The molecule has 8 heteroatoms. The van der Waals surface area contributed by atoms with Crippen molar-refractivity contribution < 1.29 is 19.6 Å². The number of hydrogen-bond donors (Lipinski definition) is 1. The second-order valence-electron chi connectivity index (χ2n) is 3.79. The number of amides is 1. The van der Waals surface area contributed by atoms with Gasteiger partial charge < -0.3 is 10.0 Å². The van der Waals surface area contributed by atoms with Crippen molar-refractivity contribution in [3.05, 3.63) is 51.0 Å². The number of aliphatic carboxylic acids is 1. The largest absolute Gasteiger partial charge is 0.480 e. The predicted molar refractivity (Wildman–Crippen MR) is 74.5 cm³/mol. The van der Waals surface area contributed by atoms with Crippen molar-refractivity contribution in [1.82, 2.24) is 4.90 Å². The first-order valence-corrected chi connectivity index (χ1v) is 6.22. The average molecular weight is 343 g/mol. The van der Waals surface area contributed by atoms with E-state index in [1.807, 2.05) is 0 Å². The lowest BCUT2D eigenvalue weighted by Crippen LogP contribution is -2.36. The van der Waals surface area contributed by atoms with Gasteiger partial charge in [-0.15, -0.1) is 6.58 Å². The third-order valence-corrected chi connectivity index (χ3v) is 3.05. The van der Waals surface area contributed by atoms with E-state index in [-0.39, 0.29) is 17.8 Å². The van der Waals surface area contributed by atoms with Gasteiger partial charge in [0.2, 0.25) is 0 Å². The van der Waals surface area contributed by atoms with Crippen molar-refractivity contribution in [3.63, 3.8) is 0 Å². The van der Waals surface area contributed by atoms with E-state index in [4.69, 9.17) is 5.11 Å². The fourth-order valence-electron chi connectivity index (χ4n) is 1.50. The molecule has 1 amide bonds. The van der Waals surface area contributed by atoms with Crippen LogP contribution in [-0.2, 0) is 4.79 Å². The van der Waals surface area contributed by atoms with Crippen LogP contribution >= 0.6 is 15.9 Å². The Bertz CT molecular complexity index is 573. The van der Waals surface area contributed by atoms with E-state index < -0.39 is 23.3 Å². The summed E-state index contributed by atoms with van der Waals surface area (Å²) in [5.74, 6) is -1.80. The van der Waals surface area contributed by atoms with Crippen LogP contribution in [0.2, 0.25) is 0 Å². The zero-order valence-electron chi connectivity index (χ0n) is 10.3. The van der Waals surface area contributed by atoms with Crippen LogP contribution in [0.25, 0.3) is 0 Å². The fourth-order valence-corrected chi connectivity index (χ4v) is 1.92. The second kappa shape index (κ2) is 6.80. The maximum atomic E-state index is 12.2. The number of nitro groups is 1. The second-order valence-corrected chi connectivity index (χ2v) is 4.64. The number of carbonyl (C=O) groups excluding carboxylic acids is 1. The molecule has 1 aromatic rings. The Kier molecular flexibility index (Phi) is 5.39. The summed E-state index contributed by atoms with van der Waals surface area (Å²) >= 11 is 3.12. The molecule has 0 aromatic heterocycles. The normalized spacial score (nSPS) is 9.85. The summed E-state index contributed by atoms with van der Waals surface area (Å²) in [6.45, 7) is 2.96. The van der Waals surface area contributed by atoms with Gasteiger partial charge in [-0.05, 0) is 22.0 Å². The molecular weight excluding hydrogens is 332 g/mol. The van der Waals surface area contributed by atoms with Crippen LogP contribution in [0.3, 0.4) is 0 Å². The molecule has 0 atom stereocenters. The monoisotopic (exact) mass is 342 g/mol. The molecule has 0 fully saturated rings. The number of hydrogen-bond acceptors (Lipinski definition) is 4. The minimum Gasteiger partial charge on any atom is -0.480 e. The van der Waals surface area contributed by atoms with Crippen molar-refractivity contribution in [2.75, 3.05) is 13.1 Å². The van der Waals surface area contributed by atoms with E-state index >= 15 is 0 Å². The van der Waals surface area contributed by atoms with E-state index in [0.717, 1.165) is 11.0 Å². The van der Waals surface area contributed by atoms with Gasteiger partial charge in [0.25, 0.3) is 11.6 Å². The maximum absolute atomic E-state index is 12.2. The SMILES string of the molecule is C=CCN(CC(=O)O)C(=O)c1cc([N+](=O)[O-])ccc1Br. The van der Waals surface area contributed by atoms with E-state index in [1.54, 1.807) is 0 Å². The molecule has 0 aliphatic carbocycles. The zero-order valence-corrected chi connectivity index (χ0v) is 11.9. The maximum Gasteiger partial charge on any atom is 0.323 e. The molecule has 1 aromatic carbocycles. The number of non-ortho nitro benzene ring substituents is 1. The summed E-state index contributed by atoms with van der Waals surface area (Å²) in [4.78, 5) is 34.1. The predicted octanol–water partition coefficient (Wildman–Crippen LogP) is 2.07. The number of nitrogens with zero attached hydrogens (tertiary/aromatic N) is 2. The van der Waals surface area contributed by atoms with Gasteiger partial charge in [0.15, 0.2) is 0 Å². The summed E-state index contributed by atoms with van der Waals surface area (Å²) in [6.07, 6.45) is 1.38. The Morgan fingerprint density at radius 2 is 2.15 bits per heavy atom. The highest BCUT2D eigenvalue weighted by Crippen LogP contribution is 2.23. The molecule has 0 saturated heterocycles. The number of carbonyl (C=O) groups is 2. The van der Waals surface area contributed by atoms with Crippen LogP contribution < -0.4 is 0 Å². The molecular formula is C12H11BrN2O5. The highest BCUT2D eigenvalue weighted by molar-refractivity contribution is 9.10. The Morgan fingerprint density at radius 3 is 2.65 bits per heavy atom. The number of nitro benzene ring substituents is 1. The van der Waals surface area contributed by atoms with Gasteiger partial charge in [-0.25, -0.2) is 0 Å². The van der Waals surface area contributed by atoms with Gasteiger partial charge in [-0.3, -0.25) is 19.7 Å². The van der Waals surface area contributed by atoms with Gasteiger partial charge in [-0.2, -0.15) is 0 Å². The molecule has 0 heterocycles. The number of rotatable bonds is 6. The van der Waals surface area contributed by atoms with Crippen LogP contribution in [-0.4, -0.2) is 39.9 Å². The first kappa shape index (κ1) is 15.8. The number of benzene rings is 1. The van der Waals surface area contributed by atoms with Crippen LogP contribution in [0, 0.1) is 10.1 Å². The highest BCUT2D eigenvalue weighted by atomic mass is 79.9. The molecule has 0 radical (unpaired) electrons. The Morgan fingerprint density at radius 1 is 1.50 bits per heavy atom. The van der Waals surface area contributed by atoms with Crippen molar-refractivity contribution in [3.8, 4) is 0 Å². The standard InChI is InChI=1S/C12H11BrN2O5/c1-2-5-14(7-11(16)17)12(18)9-6-8(15(19)20)3-4-10(9)13/h2-4,6H,1,5,7H2,(H,16,17). The molecule has 0 unspecified atom stereocenters. The van der Waals surface area contributed by atoms with Crippen molar-refractivity contribution in [1.29, 1.82) is 0 Å². The minimum absolute atomic E-state index is 0.0280. The quantitative estimate of drug-likeness (QED) is 0.484. The van der Waals surface area contributed by atoms with E-state index in [2.05, 4.69) is 22.5 Å². The van der Waals surface area contributed by atoms with E-state index in [9.17, 15) is 19.7 Å². The molecule has 0 aliphatic heterocycles. The van der Waals surface area contributed by atoms with Gasteiger partial charge in [-0.1, -0.05) is 6.08 Å². The lowest BCUT2D eigenvalue weighted by molar-refractivity contribution is -0.384. The summed E-state index contributed by atoms with van der Waals surface area (Å²) in [5.41, 5.74) is -0.215. The van der Waals surface area contributed by atoms with Gasteiger partial charge in [0.1, 0.15) is 6.54 Å². The molecule has 0 spiro atoms. The summed E-state index contributed by atoms with van der Waals surface area (Å²) in [6, 6.07) is 3.72. The molecule has 1 N–H and O–H groups in total. The molecule has 20 heavy (non-hydrogen) atoms. The van der Waals surface area contributed by atoms with Crippen molar-refractivity contribution in [2.45, 2.75) is 0 Å². The van der Waals surface area contributed by atoms with Crippen LogP contribution in [0.4, 0.5) is 5.69 Å². The molecule has 106 valence electrons. The van der Waals surface area contributed by atoms with E-state index in [0.29, 0.717) is 4.47 Å². The van der Waals surface area contributed by atoms with Gasteiger partial charge >= 0.3 is 5.97 Å². The van der Waals surface area contributed by atoms with Gasteiger partial charge in [0.05, 0.1) is 10.5 Å². The minimum atomic E-state index is -1.18. The molecule has 0 aliphatic rings. The summed E-state index contributed by atoms with van der Waals surface area (Å²) in [5, 5.41) is 19.5. The topological polar surface area (TPSA) is 101 Å². The summed E-state index contributed by atoms with van der Waals surface area (Å²) < 4.78 is 0.354. The zero-order chi connectivity index (χ0) is 15.3. The Balaban J connectivity index is 3.16. The van der Waals surface area contributed by atoms with Crippen molar-refractivity contribution >= 4 is 33.5 Å². The van der Waals surface area contributed by atoms with Crippen LogP contribution in [0.1, 0.15) is 10.4 Å². The number of carboxylic acids is 1. The third kappa shape index (κ3) is 3.89. The molecule has 0 bridgehead atoms. The number of carboxylic acid groups (broad SMARTS) is 1. The number of halogens is 1. The van der Waals surface area contributed by atoms with Crippen LogP contribution in [0.5, 0.6) is 0 Å². The van der Waals surface area contributed by atoms with E-state index in [1.165, 1.54) is 18.2 Å². The smallest absolute Gasteiger partial charge is 0.323 e. The first-order valence-electron chi connectivity index (χ1n) is 5.42. The Hall–Kier alpha value is -2.22. The average Bonchev–Trinajstić information content (AvgIpc) is 2.37. The lowest BCUT2D eigenvalue weighted by Gasteiger charge is -2.19. The highest BCUT2D eigenvalue weighted by Gasteiger charge is 2.22. The Labute approximate surface area is 122 Å². The molecule has 1 rings (SSSR count). The lowest BCUT2D eigenvalue weighted by atomic mass is 10.1. The fraction of sp³-hybridized carbons (Fsp3) is 0.167. The first-order chi connectivity index (χ1) is 9.36. The molecule has 7 nitrogen and oxygen atoms in total. The molecule has 0 saturated carbocycles. The van der Waals surface area contributed by atoms with Crippen molar-refractivity contribution in [2.24, 2.45) is 0 Å². The third-order valence-electron chi connectivity index (χ3n) is 2.35. The van der Waals surface area contributed by atoms with Gasteiger partial charge in [0, 0.05) is 23.2 Å². The summed E-state index contributed by atoms with van der Waals surface area (Å²) in [7, 11) is 0. The van der Waals surface area contributed by atoms with Crippen LogP contribution in [0.15, 0.2) is 35.3 Å².